The molecule has 4 N–H and O–H groups in total. The molecule has 0 radical (unpaired) electrons. The van der Waals surface area contributed by atoms with Crippen molar-refractivity contribution in [1.82, 2.24) is 5.32 Å². The lowest BCUT2D eigenvalue weighted by Crippen LogP contribution is -2.44. The molecule has 1 aromatic rings. The van der Waals surface area contributed by atoms with E-state index in [0.29, 0.717) is 5.06 Å². The minimum Gasteiger partial charge on any atom is -0.480 e. The van der Waals surface area contributed by atoms with Crippen molar-refractivity contribution in [2.75, 3.05) is 5.75 Å². The molecular weight excluding hydrogens is 316 g/mol. The van der Waals surface area contributed by atoms with Crippen molar-refractivity contribution in [2.45, 2.75) is 24.9 Å². The van der Waals surface area contributed by atoms with Gasteiger partial charge >= 0.3 is 11.9 Å². The largest absolute Gasteiger partial charge is 0.480 e. The lowest BCUT2D eigenvalue weighted by Gasteiger charge is -2.15. The van der Waals surface area contributed by atoms with Crippen LogP contribution in [0.25, 0.3) is 0 Å². The summed E-state index contributed by atoms with van der Waals surface area (Å²) in [5.74, 6) is -2.20. The Morgan fingerprint density at radius 2 is 2.19 bits per heavy atom. The predicted octanol–water partition coefficient (Wildman–Crippen LogP) is 0.260. The number of carboxylic acid groups (broad SMARTS) is 1. The van der Waals surface area contributed by atoms with Crippen LogP contribution in [0.4, 0.5) is 0 Å². The lowest BCUT2D eigenvalue weighted by atomic mass is 10.1. The number of hydrogen-bond donors (Lipinski definition) is 4. The van der Waals surface area contributed by atoms with Crippen LogP contribution in [0, 0.1) is 0 Å². The lowest BCUT2D eigenvalue weighted by molar-refractivity contribution is -0.140. The van der Waals surface area contributed by atoms with Gasteiger partial charge in [0.25, 0.3) is 0 Å². The fraction of sp³-hybridized carbons (Fsp3) is 0.417. The molecule has 7 nitrogen and oxygen atoms in total. The van der Waals surface area contributed by atoms with Crippen LogP contribution in [-0.4, -0.2) is 40.8 Å². The number of rotatable bonds is 8. The Labute approximate surface area is 130 Å². The highest BCUT2D eigenvalue weighted by molar-refractivity contribution is 7.80. The Balaban J connectivity index is 2.43. The number of carbonyl (C=O) groups is 3. The first kappa shape index (κ1) is 17.5. The number of amides is 1. The quantitative estimate of drug-likeness (QED) is 0.400. The number of thiol groups is 1. The van der Waals surface area contributed by atoms with Gasteiger partial charge in [-0.25, -0.2) is 4.79 Å². The van der Waals surface area contributed by atoms with Crippen LogP contribution in [0.5, 0.6) is 5.06 Å². The number of hydrogen-bond acceptors (Lipinski definition) is 7. The third-order valence-electron chi connectivity index (χ3n) is 2.50. The van der Waals surface area contributed by atoms with E-state index in [2.05, 4.69) is 17.9 Å². The van der Waals surface area contributed by atoms with Gasteiger partial charge < -0.3 is 20.9 Å². The maximum atomic E-state index is 11.8. The highest BCUT2D eigenvalue weighted by atomic mass is 32.1. The van der Waals surface area contributed by atoms with Gasteiger partial charge in [-0.05, 0) is 23.9 Å². The highest BCUT2D eigenvalue weighted by Gasteiger charge is 2.22. The van der Waals surface area contributed by atoms with Gasteiger partial charge in [-0.1, -0.05) is 0 Å². The molecule has 1 heterocycles. The van der Waals surface area contributed by atoms with Crippen LogP contribution in [0.1, 0.15) is 12.8 Å². The highest BCUT2D eigenvalue weighted by Crippen LogP contribution is 2.18. The molecule has 0 unspecified atom stereocenters. The maximum Gasteiger partial charge on any atom is 0.335 e. The minimum absolute atomic E-state index is 0.0135. The standard InChI is InChI=1S/C12H16N2O5S2/c13-7(11(16)17)3-4-9(15)14-8(6-20)12(18)19-10-2-1-5-21-10/h1-2,5,7-8,20H,3-4,6,13H2,(H,14,15)(H,16,17)/t7-,8-/m0/s1. The van der Waals surface area contributed by atoms with Gasteiger partial charge in [0.05, 0.1) is 0 Å². The van der Waals surface area contributed by atoms with Crippen molar-refractivity contribution in [3.05, 3.63) is 17.5 Å². The summed E-state index contributed by atoms with van der Waals surface area (Å²) in [6, 6.07) is 1.35. The smallest absolute Gasteiger partial charge is 0.335 e. The maximum absolute atomic E-state index is 11.8. The van der Waals surface area contributed by atoms with Crippen LogP contribution in [0.15, 0.2) is 17.5 Å². The molecule has 1 amide bonds. The van der Waals surface area contributed by atoms with Gasteiger partial charge in [-0.3, -0.25) is 9.59 Å². The van der Waals surface area contributed by atoms with Crippen molar-refractivity contribution in [3.63, 3.8) is 0 Å². The Kier molecular flexibility index (Phi) is 7.20. The molecule has 21 heavy (non-hydrogen) atoms. The molecule has 1 aromatic heterocycles. The van der Waals surface area contributed by atoms with Crippen LogP contribution < -0.4 is 15.8 Å². The second-order valence-corrected chi connectivity index (χ2v) is 5.41. The summed E-state index contributed by atoms with van der Waals surface area (Å²) in [5.41, 5.74) is 5.29. The number of nitrogens with one attached hydrogen (secondary N) is 1. The van der Waals surface area contributed by atoms with E-state index in [1.165, 1.54) is 11.3 Å². The number of carbonyl (C=O) groups excluding carboxylic acids is 2. The predicted molar refractivity (Wildman–Crippen MR) is 80.6 cm³/mol. The molecule has 9 heteroatoms. The summed E-state index contributed by atoms with van der Waals surface area (Å²) in [5, 5.41) is 13.2. The summed E-state index contributed by atoms with van der Waals surface area (Å²) in [7, 11) is 0. The number of aliphatic carboxylic acids is 1. The number of carboxylic acids is 1. The summed E-state index contributed by atoms with van der Waals surface area (Å²) in [6.07, 6.45) is -0.107. The van der Waals surface area contributed by atoms with E-state index in [1.54, 1.807) is 17.5 Å². The van der Waals surface area contributed by atoms with Crippen LogP contribution >= 0.6 is 24.0 Å². The van der Waals surface area contributed by atoms with E-state index in [0.717, 1.165) is 0 Å². The van der Waals surface area contributed by atoms with Gasteiger partial charge in [-0.15, -0.1) is 11.3 Å². The first-order valence-corrected chi connectivity index (χ1v) is 7.59. The van der Waals surface area contributed by atoms with Gasteiger partial charge in [-0.2, -0.15) is 12.6 Å². The molecule has 2 atom stereocenters. The summed E-state index contributed by atoms with van der Waals surface area (Å²) in [6.45, 7) is 0. The monoisotopic (exact) mass is 332 g/mol. The zero-order valence-corrected chi connectivity index (χ0v) is 12.7. The van der Waals surface area contributed by atoms with Crippen molar-refractivity contribution < 1.29 is 24.2 Å². The molecule has 0 aliphatic heterocycles. The molecule has 0 aromatic carbocycles. The topological polar surface area (TPSA) is 119 Å². The first-order valence-electron chi connectivity index (χ1n) is 6.08. The van der Waals surface area contributed by atoms with Gasteiger partial charge in [0, 0.05) is 12.2 Å². The third kappa shape index (κ3) is 6.15. The molecule has 0 saturated carbocycles. The SMILES string of the molecule is N[C@@H](CCC(=O)N[C@@H](CS)C(=O)Oc1cccs1)C(=O)O. The van der Waals surface area contributed by atoms with Crippen molar-refractivity contribution in [1.29, 1.82) is 0 Å². The molecule has 1 rings (SSSR count). The number of nitrogens with two attached hydrogens (primary N) is 1. The molecule has 0 aliphatic carbocycles. The normalized spacial score (nSPS) is 13.2. The summed E-state index contributed by atoms with van der Waals surface area (Å²) >= 11 is 5.24. The van der Waals surface area contributed by atoms with Crippen molar-refractivity contribution in [2.24, 2.45) is 5.73 Å². The van der Waals surface area contributed by atoms with E-state index in [1.807, 2.05) is 0 Å². The van der Waals surface area contributed by atoms with E-state index in [4.69, 9.17) is 15.6 Å². The second kappa shape index (κ2) is 8.65. The molecule has 0 saturated heterocycles. The average molecular weight is 332 g/mol. The number of thiophene rings is 1. The van der Waals surface area contributed by atoms with E-state index < -0.39 is 29.9 Å². The fourth-order valence-electron chi connectivity index (χ4n) is 1.35. The van der Waals surface area contributed by atoms with Gasteiger partial charge in [0.1, 0.15) is 12.1 Å². The summed E-state index contributed by atoms with van der Waals surface area (Å²) < 4.78 is 5.07. The Bertz CT molecular complexity index is 492. The molecule has 0 spiro atoms. The molecule has 0 aliphatic rings. The van der Waals surface area contributed by atoms with Gasteiger partial charge in [0.2, 0.25) is 5.91 Å². The minimum atomic E-state index is -1.18. The molecule has 0 bridgehead atoms. The fourth-order valence-corrected chi connectivity index (χ4v) is 2.17. The van der Waals surface area contributed by atoms with E-state index >= 15 is 0 Å². The molecule has 116 valence electrons. The van der Waals surface area contributed by atoms with Gasteiger partial charge in [0.15, 0.2) is 5.06 Å². The average Bonchev–Trinajstić information content (AvgIpc) is 2.94. The zero-order chi connectivity index (χ0) is 15.8. The van der Waals surface area contributed by atoms with Crippen molar-refractivity contribution in [3.8, 4) is 5.06 Å². The number of ether oxygens (including phenoxy) is 1. The summed E-state index contributed by atoms with van der Waals surface area (Å²) in [4.78, 5) is 34.0. The first-order chi connectivity index (χ1) is 9.93. The van der Waals surface area contributed by atoms with E-state index in [9.17, 15) is 14.4 Å². The molecule has 0 fully saturated rings. The zero-order valence-electron chi connectivity index (χ0n) is 11.0. The van der Waals surface area contributed by atoms with Crippen LogP contribution in [0.3, 0.4) is 0 Å². The van der Waals surface area contributed by atoms with E-state index in [-0.39, 0.29) is 18.6 Å². The van der Waals surface area contributed by atoms with Crippen LogP contribution in [-0.2, 0) is 14.4 Å². The van der Waals surface area contributed by atoms with Crippen LogP contribution in [0.2, 0.25) is 0 Å². The Hall–Kier alpha value is -1.58. The molecular formula is C12H16N2O5S2. The Morgan fingerprint density at radius 1 is 1.48 bits per heavy atom. The third-order valence-corrected chi connectivity index (χ3v) is 3.61. The number of esters is 1. The second-order valence-electron chi connectivity index (χ2n) is 4.14. The van der Waals surface area contributed by atoms with Crippen molar-refractivity contribution >= 4 is 41.8 Å². The Morgan fingerprint density at radius 3 is 2.71 bits per heavy atom.